The van der Waals surface area contributed by atoms with E-state index in [1.54, 1.807) is 6.20 Å². The van der Waals surface area contributed by atoms with Crippen LogP contribution < -0.4 is 10.7 Å². The number of carbonyl (C=O) groups is 1. The number of aromatic nitrogens is 1. The molecule has 1 aromatic heterocycles. The lowest BCUT2D eigenvalue weighted by molar-refractivity contribution is -0.122. The zero-order valence-corrected chi connectivity index (χ0v) is 12.8. The van der Waals surface area contributed by atoms with Crippen LogP contribution in [0.25, 0.3) is 10.9 Å². The zero-order chi connectivity index (χ0) is 15.4. The Morgan fingerprint density at radius 3 is 2.81 bits per heavy atom. The molecule has 0 radical (unpaired) electrons. The van der Waals surface area contributed by atoms with Crippen molar-refractivity contribution >= 4 is 16.8 Å². The molecule has 0 saturated heterocycles. The lowest BCUT2D eigenvalue weighted by Gasteiger charge is -2.15. The number of nitrogens with zero attached hydrogens (tertiary/aromatic N) is 1. The second kappa shape index (κ2) is 6.57. The molecule has 21 heavy (non-hydrogen) atoms. The van der Waals surface area contributed by atoms with Crippen LogP contribution >= 0.6 is 0 Å². The third-order valence-corrected chi connectivity index (χ3v) is 3.58. The van der Waals surface area contributed by atoms with Crippen molar-refractivity contribution in [1.82, 2.24) is 9.88 Å². The van der Waals surface area contributed by atoms with Gasteiger partial charge in [0, 0.05) is 23.7 Å². The highest BCUT2D eigenvalue weighted by Gasteiger charge is 2.09. The molecule has 1 unspecified atom stereocenters. The minimum atomic E-state index is -0.0264. The fraction of sp³-hybridized carbons (Fsp3) is 0.412. The summed E-state index contributed by atoms with van der Waals surface area (Å²) in [5, 5.41) is 3.64. The number of rotatable bonds is 5. The van der Waals surface area contributed by atoms with Crippen LogP contribution in [0.5, 0.6) is 0 Å². The average Bonchev–Trinajstić information content (AvgIpc) is 2.42. The van der Waals surface area contributed by atoms with Crippen molar-refractivity contribution in [2.24, 2.45) is 0 Å². The number of carbonyl (C=O) groups excluding carboxylic acids is 1. The Morgan fingerprint density at radius 1 is 1.33 bits per heavy atom. The average molecular weight is 286 g/mol. The number of benzene rings is 1. The Kier molecular flexibility index (Phi) is 4.78. The summed E-state index contributed by atoms with van der Waals surface area (Å²) < 4.78 is 1.82. The largest absolute Gasteiger partial charge is 0.352 e. The van der Waals surface area contributed by atoms with Gasteiger partial charge in [0.25, 0.3) is 0 Å². The maximum absolute atomic E-state index is 12.1. The molecule has 1 amide bonds. The highest BCUT2D eigenvalue weighted by Crippen LogP contribution is 2.12. The molecule has 2 rings (SSSR count). The fourth-order valence-corrected chi connectivity index (χ4v) is 2.54. The Balaban J connectivity index is 2.25. The van der Waals surface area contributed by atoms with Crippen molar-refractivity contribution in [3.05, 3.63) is 46.2 Å². The first-order valence-electron chi connectivity index (χ1n) is 7.40. The normalized spacial score (nSPS) is 12.3. The summed E-state index contributed by atoms with van der Waals surface area (Å²) in [6.45, 7) is 6.29. The van der Waals surface area contributed by atoms with Crippen LogP contribution in [0, 0.1) is 6.92 Å². The van der Waals surface area contributed by atoms with Gasteiger partial charge in [0.15, 0.2) is 5.43 Å². The van der Waals surface area contributed by atoms with Gasteiger partial charge in [-0.3, -0.25) is 9.59 Å². The van der Waals surface area contributed by atoms with Gasteiger partial charge in [-0.05, 0) is 32.4 Å². The molecule has 0 aliphatic rings. The predicted molar refractivity (Wildman–Crippen MR) is 85.5 cm³/mol. The van der Waals surface area contributed by atoms with E-state index in [-0.39, 0.29) is 23.9 Å². The summed E-state index contributed by atoms with van der Waals surface area (Å²) in [6, 6.07) is 7.41. The van der Waals surface area contributed by atoms with E-state index in [1.807, 2.05) is 36.6 Å². The number of aryl methyl sites for hydroxylation is 1. The Hall–Kier alpha value is -2.10. The second-order valence-corrected chi connectivity index (χ2v) is 5.59. The molecule has 0 saturated carbocycles. The lowest BCUT2D eigenvalue weighted by atomic mass is 10.1. The molecular formula is C17H22N2O2. The van der Waals surface area contributed by atoms with Crippen LogP contribution in [0.4, 0.5) is 0 Å². The molecule has 1 aromatic carbocycles. The zero-order valence-electron chi connectivity index (χ0n) is 12.8. The van der Waals surface area contributed by atoms with Crippen LogP contribution in [0.15, 0.2) is 35.3 Å². The van der Waals surface area contributed by atoms with Gasteiger partial charge in [-0.15, -0.1) is 0 Å². The molecule has 0 fully saturated rings. The van der Waals surface area contributed by atoms with Crippen molar-refractivity contribution in [3.8, 4) is 0 Å². The summed E-state index contributed by atoms with van der Waals surface area (Å²) in [6.07, 6.45) is 3.70. The van der Waals surface area contributed by atoms with Crippen LogP contribution in [-0.4, -0.2) is 16.5 Å². The molecule has 0 aliphatic heterocycles. The van der Waals surface area contributed by atoms with E-state index in [0.717, 1.165) is 23.9 Å². The lowest BCUT2D eigenvalue weighted by Crippen LogP contribution is -2.35. The molecule has 4 heteroatoms. The van der Waals surface area contributed by atoms with E-state index in [9.17, 15) is 9.59 Å². The maximum Gasteiger partial charge on any atom is 0.240 e. The third kappa shape index (κ3) is 3.72. The van der Waals surface area contributed by atoms with Crippen LogP contribution in [0.2, 0.25) is 0 Å². The number of amides is 1. The van der Waals surface area contributed by atoms with Crippen molar-refractivity contribution in [1.29, 1.82) is 0 Å². The molecule has 2 aromatic rings. The minimum Gasteiger partial charge on any atom is -0.352 e. The van der Waals surface area contributed by atoms with Crippen molar-refractivity contribution < 1.29 is 4.79 Å². The van der Waals surface area contributed by atoms with Crippen molar-refractivity contribution in [2.75, 3.05) is 0 Å². The molecule has 1 atom stereocenters. The Labute approximate surface area is 124 Å². The quantitative estimate of drug-likeness (QED) is 0.918. The van der Waals surface area contributed by atoms with Crippen molar-refractivity contribution in [2.45, 2.75) is 46.2 Å². The monoisotopic (exact) mass is 286 g/mol. The van der Waals surface area contributed by atoms with Gasteiger partial charge in [0.2, 0.25) is 5.91 Å². The number of fused-ring (bicyclic) bond motifs is 1. The van der Waals surface area contributed by atoms with E-state index >= 15 is 0 Å². The van der Waals surface area contributed by atoms with E-state index < -0.39 is 0 Å². The van der Waals surface area contributed by atoms with Gasteiger partial charge in [-0.2, -0.15) is 0 Å². The first-order chi connectivity index (χ1) is 10.0. The number of hydrogen-bond acceptors (Lipinski definition) is 2. The SMILES string of the molecule is CCCC(C)NC(=O)Cn1ccc(=O)c2cc(C)ccc21. The van der Waals surface area contributed by atoms with Gasteiger partial charge < -0.3 is 9.88 Å². The first-order valence-corrected chi connectivity index (χ1v) is 7.40. The van der Waals surface area contributed by atoms with Crippen LogP contribution in [-0.2, 0) is 11.3 Å². The molecular weight excluding hydrogens is 264 g/mol. The highest BCUT2D eigenvalue weighted by molar-refractivity contribution is 5.82. The Morgan fingerprint density at radius 2 is 2.10 bits per heavy atom. The summed E-state index contributed by atoms with van der Waals surface area (Å²) in [4.78, 5) is 24.0. The Bertz CT molecular complexity index is 703. The molecule has 4 nitrogen and oxygen atoms in total. The smallest absolute Gasteiger partial charge is 0.240 e. The van der Waals surface area contributed by atoms with Gasteiger partial charge in [-0.25, -0.2) is 0 Å². The molecule has 0 aliphatic carbocycles. The summed E-state index contributed by atoms with van der Waals surface area (Å²) in [5.74, 6) is -0.0264. The van der Waals surface area contributed by atoms with E-state index in [1.165, 1.54) is 6.07 Å². The van der Waals surface area contributed by atoms with E-state index in [0.29, 0.717) is 5.39 Å². The van der Waals surface area contributed by atoms with Gasteiger partial charge >= 0.3 is 0 Å². The highest BCUT2D eigenvalue weighted by atomic mass is 16.2. The molecule has 0 spiro atoms. The van der Waals surface area contributed by atoms with Gasteiger partial charge in [0.05, 0.1) is 5.52 Å². The number of pyridine rings is 1. The van der Waals surface area contributed by atoms with Gasteiger partial charge in [0.1, 0.15) is 6.54 Å². The predicted octanol–water partition coefficient (Wildman–Crippen LogP) is 2.61. The van der Waals surface area contributed by atoms with E-state index in [2.05, 4.69) is 12.2 Å². The van der Waals surface area contributed by atoms with E-state index in [4.69, 9.17) is 0 Å². The molecule has 1 heterocycles. The first kappa shape index (κ1) is 15.3. The summed E-state index contributed by atoms with van der Waals surface area (Å²) >= 11 is 0. The summed E-state index contributed by atoms with van der Waals surface area (Å²) in [7, 11) is 0. The van der Waals surface area contributed by atoms with Gasteiger partial charge in [-0.1, -0.05) is 25.0 Å². The third-order valence-electron chi connectivity index (χ3n) is 3.58. The number of hydrogen-bond donors (Lipinski definition) is 1. The minimum absolute atomic E-state index is 0.00953. The molecule has 1 N–H and O–H groups in total. The standard InChI is InChI=1S/C17H22N2O2/c1-4-5-13(3)18-17(21)11-19-9-8-16(20)14-10-12(2)6-7-15(14)19/h6-10,13H,4-5,11H2,1-3H3,(H,18,21). The van der Waals surface area contributed by atoms with Crippen LogP contribution in [0.1, 0.15) is 32.3 Å². The maximum atomic E-state index is 12.1. The fourth-order valence-electron chi connectivity index (χ4n) is 2.54. The number of nitrogens with one attached hydrogen (secondary N) is 1. The van der Waals surface area contributed by atoms with Crippen molar-refractivity contribution in [3.63, 3.8) is 0 Å². The molecule has 112 valence electrons. The summed E-state index contributed by atoms with van der Waals surface area (Å²) in [5.41, 5.74) is 1.83. The van der Waals surface area contributed by atoms with Crippen LogP contribution in [0.3, 0.4) is 0 Å². The topological polar surface area (TPSA) is 51.1 Å². The molecule has 0 bridgehead atoms. The second-order valence-electron chi connectivity index (χ2n) is 5.59.